The van der Waals surface area contributed by atoms with Crippen LogP contribution in [0, 0.1) is 6.92 Å². The number of carbonyl (C=O) groups is 1. The van der Waals surface area contributed by atoms with Crippen LogP contribution in [0.1, 0.15) is 36.7 Å². The Labute approximate surface area is 191 Å². The molecule has 0 amide bonds. The maximum atomic E-state index is 12.6. The lowest BCUT2D eigenvalue weighted by Gasteiger charge is -2.22. The van der Waals surface area contributed by atoms with Gasteiger partial charge in [0.2, 0.25) is 6.79 Å². The maximum absolute atomic E-state index is 12.6. The van der Waals surface area contributed by atoms with E-state index >= 15 is 0 Å². The van der Waals surface area contributed by atoms with E-state index in [9.17, 15) is 4.79 Å². The fraction of sp³-hybridized carbons (Fsp3) is 0.231. The molecular formula is C26H25N3O4. The van der Waals surface area contributed by atoms with E-state index in [2.05, 4.69) is 49.5 Å². The second kappa shape index (κ2) is 7.85. The molecule has 5 rings (SSSR count). The quantitative estimate of drug-likeness (QED) is 0.333. The van der Waals surface area contributed by atoms with Crippen LogP contribution in [0.4, 0.5) is 5.82 Å². The van der Waals surface area contributed by atoms with E-state index in [1.165, 1.54) is 0 Å². The lowest BCUT2D eigenvalue weighted by atomic mass is 10.1. The standard InChI is InChI=1S/C26H25N3O4/c1-16-11-12-29-22(13-16)27-23(24(29)28-26(2,3)4)17-5-8-19(9-6-17)33-25(30)18-7-10-20-21(14-18)32-15-31-20/h5-14,28H,15H2,1-4H3. The zero-order chi connectivity index (χ0) is 23.2. The predicted octanol–water partition coefficient (Wildman–Crippen LogP) is 5.47. The molecule has 7 heteroatoms. The molecule has 0 atom stereocenters. The van der Waals surface area contributed by atoms with E-state index in [-0.39, 0.29) is 12.3 Å². The van der Waals surface area contributed by atoms with Crippen LogP contribution < -0.4 is 19.5 Å². The van der Waals surface area contributed by atoms with Crippen LogP contribution in [0.5, 0.6) is 17.2 Å². The number of ether oxygens (including phenoxy) is 3. The summed E-state index contributed by atoms with van der Waals surface area (Å²) in [5.74, 6) is 2.08. The molecule has 0 fully saturated rings. The van der Waals surface area contributed by atoms with Gasteiger partial charge >= 0.3 is 5.97 Å². The summed E-state index contributed by atoms with van der Waals surface area (Å²) in [7, 11) is 0. The van der Waals surface area contributed by atoms with Crippen molar-refractivity contribution in [2.75, 3.05) is 12.1 Å². The minimum atomic E-state index is -0.459. The first-order chi connectivity index (χ1) is 15.8. The third-order valence-corrected chi connectivity index (χ3v) is 5.22. The number of rotatable bonds is 4. The Kier molecular flexibility index (Phi) is 4.96. The molecule has 1 N–H and O–H groups in total. The zero-order valence-electron chi connectivity index (χ0n) is 19.0. The van der Waals surface area contributed by atoms with Gasteiger partial charge in [0.15, 0.2) is 11.5 Å². The van der Waals surface area contributed by atoms with Crippen molar-refractivity contribution >= 4 is 17.4 Å². The SMILES string of the molecule is Cc1ccn2c(NC(C)(C)C)c(-c3ccc(OC(=O)c4ccc5c(c4)OCO5)cc3)nc2c1. The normalized spacial score (nSPS) is 12.7. The molecule has 2 aromatic carbocycles. The highest BCUT2D eigenvalue weighted by Gasteiger charge is 2.20. The Morgan fingerprint density at radius 3 is 2.55 bits per heavy atom. The lowest BCUT2D eigenvalue weighted by Crippen LogP contribution is -2.27. The summed E-state index contributed by atoms with van der Waals surface area (Å²) in [6.45, 7) is 8.55. The first-order valence-corrected chi connectivity index (χ1v) is 10.8. The van der Waals surface area contributed by atoms with E-state index in [4.69, 9.17) is 19.2 Å². The number of carbonyl (C=O) groups excluding carboxylic acids is 1. The van der Waals surface area contributed by atoms with Crippen molar-refractivity contribution in [2.24, 2.45) is 0 Å². The van der Waals surface area contributed by atoms with Gasteiger partial charge in [-0.3, -0.25) is 4.40 Å². The summed E-state index contributed by atoms with van der Waals surface area (Å²) in [6, 6.07) is 16.5. The molecule has 4 aromatic rings. The van der Waals surface area contributed by atoms with Crippen molar-refractivity contribution < 1.29 is 19.0 Å². The van der Waals surface area contributed by atoms with Gasteiger partial charge < -0.3 is 19.5 Å². The molecule has 0 radical (unpaired) electrons. The number of anilines is 1. The first kappa shape index (κ1) is 20.9. The molecule has 0 saturated heterocycles. The molecule has 3 heterocycles. The third kappa shape index (κ3) is 4.22. The summed E-state index contributed by atoms with van der Waals surface area (Å²) in [5.41, 5.74) is 4.03. The van der Waals surface area contributed by atoms with Crippen LogP contribution in [0.15, 0.2) is 60.8 Å². The third-order valence-electron chi connectivity index (χ3n) is 5.22. The van der Waals surface area contributed by atoms with Crippen molar-refractivity contribution in [3.63, 3.8) is 0 Å². The molecule has 168 valence electrons. The number of esters is 1. The van der Waals surface area contributed by atoms with Crippen LogP contribution in [-0.4, -0.2) is 27.7 Å². The zero-order valence-corrected chi connectivity index (χ0v) is 19.0. The number of fused-ring (bicyclic) bond motifs is 2. The molecule has 0 aliphatic carbocycles. The topological polar surface area (TPSA) is 74.1 Å². The second-order valence-electron chi connectivity index (χ2n) is 9.10. The van der Waals surface area contributed by atoms with E-state index in [1.807, 2.05) is 18.3 Å². The molecule has 2 aromatic heterocycles. The van der Waals surface area contributed by atoms with Gasteiger partial charge in [0.1, 0.15) is 22.9 Å². The van der Waals surface area contributed by atoms with Gasteiger partial charge in [-0.25, -0.2) is 9.78 Å². The highest BCUT2D eigenvalue weighted by atomic mass is 16.7. The number of aromatic nitrogens is 2. The van der Waals surface area contributed by atoms with Gasteiger partial charge in [-0.15, -0.1) is 0 Å². The highest BCUT2D eigenvalue weighted by Crippen LogP contribution is 2.34. The van der Waals surface area contributed by atoms with E-state index in [1.54, 1.807) is 30.3 Å². The number of pyridine rings is 1. The maximum Gasteiger partial charge on any atom is 0.343 e. The summed E-state index contributed by atoms with van der Waals surface area (Å²) in [5, 5.41) is 3.57. The fourth-order valence-electron chi connectivity index (χ4n) is 3.69. The van der Waals surface area contributed by atoms with Gasteiger partial charge in [-0.05, 0) is 87.9 Å². The lowest BCUT2D eigenvalue weighted by molar-refractivity contribution is 0.0734. The number of hydrogen-bond acceptors (Lipinski definition) is 6. The average molecular weight is 444 g/mol. The molecule has 0 unspecified atom stereocenters. The molecule has 7 nitrogen and oxygen atoms in total. The summed E-state index contributed by atoms with van der Waals surface area (Å²) >= 11 is 0. The summed E-state index contributed by atoms with van der Waals surface area (Å²) in [4.78, 5) is 17.5. The molecule has 0 saturated carbocycles. The second-order valence-corrected chi connectivity index (χ2v) is 9.10. The van der Waals surface area contributed by atoms with Gasteiger partial charge in [0.05, 0.1) is 5.56 Å². The number of hydrogen-bond donors (Lipinski definition) is 1. The number of nitrogens with one attached hydrogen (secondary N) is 1. The molecule has 0 bridgehead atoms. The highest BCUT2D eigenvalue weighted by molar-refractivity contribution is 5.92. The Balaban J connectivity index is 1.42. The predicted molar refractivity (Wildman–Crippen MR) is 126 cm³/mol. The van der Waals surface area contributed by atoms with Crippen molar-refractivity contribution in [3.05, 3.63) is 71.9 Å². The van der Waals surface area contributed by atoms with Crippen molar-refractivity contribution in [1.82, 2.24) is 9.38 Å². The Bertz CT molecular complexity index is 1350. The van der Waals surface area contributed by atoms with Gasteiger partial charge in [0, 0.05) is 17.3 Å². The number of imidazole rings is 1. The first-order valence-electron chi connectivity index (χ1n) is 10.8. The number of benzene rings is 2. The van der Waals surface area contributed by atoms with Crippen LogP contribution in [0.2, 0.25) is 0 Å². The Hall–Kier alpha value is -4.00. The molecule has 0 spiro atoms. The molecule has 1 aliphatic heterocycles. The van der Waals surface area contributed by atoms with Gasteiger partial charge in [-0.2, -0.15) is 0 Å². The monoisotopic (exact) mass is 443 g/mol. The number of aryl methyl sites for hydroxylation is 1. The van der Waals surface area contributed by atoms with Crippen molar-refractivity contribution in [2.45, 2.75) is 33.2 Å². The van der Waals surface area contributed by atoms with Crippen LogP contribution >= 0.6 is 0 Å². The fourth-order valence-corrected chi connectivity index (χ4v) is 3.69. The van der Waals surface area contributed by atoms with Crippen LogP contribution in [-0.2, 0) is 0 Å². The smallest absolute Gasteiger partial charge is 0.343 e. The largest absolute Gasteiger partial charge is 0.454 e. The minimum absolute atomic E-state index is 0.143. The van der Waals surface area contributed by atoms with E-state index < -0.39 is 5.97 Å². The Morgan fingerprint density at radius 1 is 1.03 bits per heavy atom. The van der Waals surface area contributed by atoms with Gasteiger partial charge in [-0.1, -0.05) is 0 Å². The molecule has 33 heavy (non-hydrogen) atoms. The average Bonchev–Trinajstić information content (AvgIpc) is 3.37. The summed E-state index contributed by atoms with van der Waals surface area (Å²) < 4.78 is 18.2. The van der Waals surface area contributed by atoms with E-state index in [0.29, 0.717) is 22.8 Å². The molecular weight excluding hydrogens is 418 g/mol. The van der Waals surface area contributed by atoms with Crippen molar-refractivity contribution in [3.8, 4) is 28.5 Å². The van der Waals surface area contributed by atoms with E-state index in [0.717, 1.165) is 28.3 Å². The summed E-state index contributed by atoms with van der Waals surface area (Å²) in [6.07, 6.45) is 2.02. The van der Waals surface area contributed by atoms with Crippen LogP contribution in [0.25, 0.3) is 16.9 Å². The molecule has 1 aliphatic rings. The number of nitrogens with zero attached hydrogens (tertiary/aromatic N) is 2. The van der Waals surface area contributed by atoms with Crippen molar-refractivity contribution in [1.29, 1.82) is 0 Å². The van der Waals surface area contributed by atoms with Gasteiger partial charge in [0.25, 0.3) is 0 Å². The minimum Gasteiger partial charge on any atom is -0.454 e. The van der Waals surface area contributed by atoms with Crippen LogP contribution in [0.3, 0.4) is 0 Å². The Morgan fingerprint density at radius 2 is 1.79 bits per heavy atom.